The lowest BCUT2D eigenvalue weighted by molar-refractivity contribution is 0.572. The van der Waals surface area contributed by atoms with E-state index >= 15 is 0 Å². The zero-order valence-electron chi connectivity index (χ0n) is 45.2. The van der Waals surface area contributed by atoms with Gasteiger partial charge in [0, 0.05) is 82.6 Å². The number of rotatable bonds is 6. The highest BCUT2D eigenvalue weighted by Gasteiger charge is 2.41. The second-order valence-corrected chi connectivity index (χ2v) is 24.0. The molecule has 0 unspecified atom stereocenters. The molecule has 0 aliphatic heterocycles. The molecule has 5 heteroatoms. The molecule has 0 fully saturated rings. The van der Waals surface area contributed by atoms with Crippen LogP contribution in [0.15, 0.2) is 220 Å². The molecule has 0 spiro atoms. The number of nitrogens with zero attached hydrogens (tertiary/aromatic N) is 2. The third-order valence-electron chi connectivity index (χ3n) is 16.9. The van der Waals surface area contributed by atoms with Crippen molar-refractivity contribution < 1.29 is 13.3 Å². The maximum atomic E-state index is 7.51. The largest absolute Gasteiger partial charge is 0.455 e. The van der Waals surface area contributed by atoms with Crippen molar-refractivity contribution in [1.82, 2.24) is 0 Å². The standard InChI is InChI=1S/C73H58N2O3/c1-71(2,3)55-35-19-31-49-51-33-21-37-58(68(51)77-66(49)55)74(43-23-11-9-12-24-43)60-41-57-64(48-30-18-16-28-46(48)60)65-54(73(57,7)8)40-39-53-63-47-29-17-15-27-45(47)61(42-62(63)76-70(53)65)75(44-25-13-10-14-26-44)59-38-22-34-52-50-32-20-36-56(72(4,5)6)67(50)78-69(52)59/h9-42H,1-8H3. The fourth-order valence-electron chi connectivity index (χ4n) is 13.2. The molecular formula is C73H58N2O3. The summed E-state index contributed by atoms with van der Waals surface area (Å²) in [5.74, 6) is 0. The van der Waals surface area contributed by atoms with Crippen LogP contribution in [0.25, 0.3) is 98.5 Å². The molecule has 0 N–H and O–H groups in total. The van der Waals surface area contributed by atoms with E-state index < -0.39 is 0 Å². The Balaban J connectivity index is 0.974. The second-order valence-electron chi connectivity index (χ2n) is 24.0. The lowest BCUT2D eigenvalue weighted by Crippen LogP contribution is -2.17. The summed E-state index contributed by atoms with van der Waals surface area (Å²) in [5.41, 5.74) is 18.1. The van der Waals surface area contributed by atoms with Crippen LogP contribution in [0.3, 0.4) is 0 Å². The van der Waals surface area contributed by atoms with Gasteiger partial charge in [-0.15, -0.1) is 0 Å². The first-order valence-electron chi connectivity index (χ1n) is 27.3. The SMILES string of the molecule is CC(C)(C)c1cccc2c1oc1c(N(c3ccccc3)c3cc4c(c5ccccc35)-c3c(ccc5c3oc3cc(N(c6ccccc6)c6cccc7c6oc6c(C(C)(C)C)cccc67)c6ccccc6c35)C4(C)C)cccc12. The summed E-state index contributed by atoms with van der Waals surface area (Å²) in [5, 5.41) is 11.2. The number of anilines is 6. The van der Waals surface area contributed by atoms with E-state index in [1.165, 1.54) is 33.2 Å². The summed E-state index contributed by atoms with van der Waals surface area (Å²) in [4.78, 5) is 4.78. The zero-order chi connectivity index (χ0) is 53.0. The summed E-state index contributed by atoms with van der Waals surface area (Å²) in [6.45, 7) is 18.3. The molecule has 1 aliphatic rings. The average Bonchev–Trinajstić information content (AvgIpc) is 4.33. The van der Waals surface area contributed by atoms with E-state index in [2.05, 4.69) is 271 Å². The fourth-order valence-corrected chi connectivity index (χ4v) is 13.2. The third-order valence-corrected chi connectivity index (χ3v) is 16.9. The molecule has 0 atom stereocenters. The van der Waals surface area contributed by atoms with Crippen molar-refractivity contribution in [3.05, 3.63) is 229 Å². The van der Waals surface area contributed by atoms with Crippen LogP contribution in [0.4, 0.5) is 34.1 Å². The number of para-hydroxylation sites is 6. The van der Waals surface area contributed by atoms with E-state index in [0.29, 0.717) is 0 Å². The van der Waals surface area contributed by atoms with E-state index in [9.17, 15) is 0 Å². The minimum Gasteiger partial charge on any atom is -0.455 e. The van der Waals surface area contributed by atoms with Gasteiger partial charge in [-0.3, -0.25) is 0 Å². The lowest BCUT2D eigenvalue weighted by Gasteiger charge is -2.29. The first-order chi connectivity index (χ1) is 37.8. The normalized spacial score (nSPS) is 13.5. The van der Waals surface area contributed by atoms with E-state index in [1.807, 2.05) is 0 Å². The lowest BCUT2D eigenvalue weighted by atomic mass is 9.81. The highest BCUT2D eigenvalue weighted by molar-refractivity contribution is 6.26. The van der Waals surface area contributed by atoms with Gasteiger partial charge in [-0.1, -0.05) is 213 Å². The third kappa shape index (κ3) is 6.60. The smallest absolute Gasteiger partial charge is 0.159 e. The van der Waals surface area contributed by atoms with Gasteiger partial charge in [0.15, 0.2) is 11.2 Å². The van der Waals surface area contributed by atoms with E-state index in [1.54, 1.807) is 0 Å². The van der Waals surface area contributed by atoms with Crippen LogP contribution in [0, 0.1) is 0 Å². The van der Waals surface area contributed by atoms with Crippen LogP contribution in [-0.2, 0) is 16.2 Å². The van der Waals surface area contributed by atoms with Crippen molar-refractivity contribution in [3.63, 3.8) is 0 Å². The molecule has 5 nitrogen and oxygen atoms in total. The number of furan rings is 3. The number of benzene rings is 11. The van der Waals surface area contributed by atoms with E-state index in [4.69, 9.17) is 13.3 Å². The zero-order valence-corrected chi connectivity index (χ0v) is 45.2. The van der Waals surface area contributed by atoms with Gasteiger partial charge in [-0.25, -0.2) is 0 Å². The van der Waals surface area contributed by atoms with Crippen molar-refractivity contribution in [2.75, 3.05) is 9.80 Å². The summed E-state index contributed by atoms with van der Waals surface area (Å²) >= 11 is 0. The molecule has 14 aromatic rings. The highest BCUT2D eigenvalue weighted by atomic mass is 16.3. The van der Waals surface area contributed by atoms with Crippen molar-refractivity contribution in [1.29, 1.82) is 0 Å². The highest BCUT2D eigenvalue weighted by Crippen LogP contribution is 2.59. The van der Waals surface area contributed by atoms with Crippen molar-refractivity contribution >= 4 is 121 Å². The minimum absolute atomic E-state index is 0.102. The molecule has 3 aromatic heterocycles. The molecule has 3 heterocycles. The molecular weight excluding hydrogens is 953 g/mol. The van der Waals surface area contributed by atoms with Crippen LogP contribution >= 0.6 is 0 Å². The van der Waals surface area contributed by atoms with Gasteiger partial charge in [-0.05, 0) is 80.8 Å². The van der Waals surface area contributed by atoms with Gasteiger partial charge in [0.2, 0.25) is 0 Å². The molecule has 0 saturated carbocycles. The van der Waals surface area contributed by atoms with Gasteiger partial charge < -0.3 is 23.1 Å². The monoisotopic (exact) mass is 1010 g/mol. The fraction of sp³-hybridized carbons (Fsp3) is 0.151. The van der Waals surface area contributed by atoms with Crippen molar-refractivity contribution in [3.8, 4) is 11.1 Å². The van der Waals surface area contributed by atoms with Crippen molar-refractivity contribution in [2.24, 2.45) is 0 Å². The Hall–Kier alpha value is -9.06. The summed E-state index contributed by atoms with van der Waals surface area (Å²) in [6.07, 6.45) is 0. The molecule has 378 valence electrons. The molecule has 0 saturated heterocycles. The summed E-state index contributed by atoms with van der Waals surface area (Å²) < 4.78 is 21.7. The number of hydrogen-bond donors (Lipinski definition) is 0. The van der Waals surface area contributed by atoms with Gasteiger partial charge in [0.25, 0.3) is 0 Å². The summed E-state index contributed by atoms with van der Waals surface area (Å²) in [6, 6.07) is 74.8. The molecule has 0 amide bonds. The predicted octanol–water partition coefficient (Wildman–Crippen LogP) is 21.5. The van der Waals surface area contributed by atoms with Gasteiger partial charge in [-0.2, -0.15) is 0 Å². The Morgan fingerprint density at radius 3 is 1.28 bits per heavy atom. The van der Waals surface area contributed by atoms with Gasteiger partial charge in [0.05, 0.1) is 22.7 Å². The Kier molecular flexibility index (Phi) is 9.77. The molecule has 78 heavy (non-hydrogen) atoms. The van der Waals surface area contributed by atoms with Crippen LogP contribution < -0.4 is 9.80 Å². The predicted molar refractivity (Wildman–Crippen MR) is 328 cm³/mol. The molecule has 0 radical (unpaired) electrons. The van der Waals surface area contributed by atoms with Crippen LogP contribution in [0.1, 0.15) is 77.6 Å². The Labute approximate surface area is 453 Å². The molecule has 15 rings (SSSR count). The Bertz CT molecular complexity index is 4790. The van der Waals surface area contributed by atoms with E-state index in [0.717, 1.165) is 122 Å². The second kappa shape index (κ2) is 16.5. The number of fused-ring (bicyclic) bond motifs is 17. The van der Waals surface area contributed by atoms with E-state index in [-0.39, 0.29) is 16.2 Å². The number of hydrogen-bond acceptors (Lipinski definition) is 5. The maximum absolute atomic E-state index is 7.51. The maximum Gasteiger partial charge on any atom is 0.159 e. The molecule has 0 bridgehead atoms. The Morgan fingerprint density at radius 1 is 0.321 bits per heavy atom. The quantitative estimate of drug-likeness (QED) is 0.166. The first-order valence-corrected chi connectivity index (χ1v) is 27.3. The summed E-state index contributed by atoms with van der Waals surface area (Å²) in [7, 11) is 0. The molecule has 11 aromatic carbocycles. The minimum atomic E-state index is -0.387. The average molecular weight is 1010 g/mol. The van der Waals surface area contributed by atoms with Gasteiger partial charge >= 0.3 is 0 Å². The van der Waals surface area contributed by atoms with Crippen molar-refractivity contribution in [2.45, 2.75) is 71.6 Å². The van der Waals surface area contributed by atoms with Crippen LogP contribution in [-0.4, -0.2) is 0 Å². The van der Waals surface area contributed by atoms with Crippen LogP contribution in [0.5, 0.6) is 0 Å². The molecule has 1 aliphatic carbocycles. The van der Waals surface area contributed by atoms with Gasteiger partial charge in [0.1, 0.15) is 22.3 Å². The topological polar surface area (TPSA) is 45.9 Å². The van der Waals surface area contributed by atoms with Crippen LogP contribution in [0.2, 0.25) is 0 Å². The first kappa shape index (κ1) is 46.3. The Morgan fingerprint density at radius 2 is 0.756 bits per heavy atom.